The normalized spacial score (nSPS) is 11.5. The minimum Gasteiger partial charge on any atom is -0.493 e. The van der Waals surface area contributed by atoms with Crippen LogP contribution in [0.15, 0.2) is 97.1 Å². The number of carbonyl (C=O) groups excluding carboxylic acids is 2. The summed E-state index contributed by atoms with van der Waals surface area (Å²) < 4.78 is 27.8. The van der Waals surface area contributed by atoms with Crippen molar-refractivity contribution in [2.24, 2.45) is 0 Å². The lowest BCUT2D eigenvalue weighted by molar-refractivity contribution is 0.149. The molecule has 0 aliphatic rings. The quantitative estimate of drug-likeness (QED) is 0.0995. The third-order valence-corrected chi connectivity index (χ3v) is 9.97. The van der Waals surface area contributed by atoms with E-state index in [-0.39, 0.29) is 5.41 Å². The number of ether oxygens (including phenoxy) is 5. The molecular weight excluding hydrogens is 664 g/mol. The van der Waals surface area contributed by atoms with Crippen LogP contribution in [0.3, 0.4) is 0 Å². The van der Waals surface area contributed by atoms with Crippen molar-refractivity contribution in [3.05, 3.63) is 147 Å². The zero-order valence-corrected chi connectivity index (χ0v) is 32.5. The Bertz CT molecular complexity index is 2130. The average molecular weight is 715 g/mol. The molecule has 0 fully saturated rings. The average Bonchev–Trinajstić information content (AvgIpc) is 3.11. The van der Waals surface area contributed by atoms with Crippen LogP contribution in [0.5, 0.6) is 28.7 Å². The second-order valence-corrected chi connectivity index (χ2v) is 14.7. The van der Waals surface area contributed by atoms with E-state index in [1.165, 1.54) is 11.1 Å². The standard InChI is InChI=1S/C46H50O7/c1-11-13-33-16-20-41(42(28-33)49-10)53-44(48)52-40-23-19-37(27-32(40)5)46(8,9)36-18-22-39(31(4)26-36)51-43(47)50-38-21-17-35(25-30(38)3)45(6,7)34-15-12-14-29(2)24-34/h12,14-28H,11,13H2,1-10H3. The van der Waals surface area contributed by atoms with Crippen LogP contribution in [0.25, 0.3) is 0 Å². The minimum atomic E-state index is -0.847. The van der Waals surface area contributed by atoms with Gasteiger partial charge in [0.25, 0.3) is 0 Å². The Morgan fingerprint density at radius 1 is 0.509 bits per heavy atom. The van der Waals surface area contributed by atoms with Gasteiger partial charge in [0.2, 0.25) is 0 Å². The van der Waals surface area contributed by atoms with Crippen molar-refractivity contribution in [2.75, 3.05) is 7.11 Å². The maximum Gasteiger partial charge on any atom is 0.519 e. The lowest BCUT2D eigenvalue weighted by Gasteiger charge is -2.28. The molecule has 5 aromatic rings. The highest BCUT2D eigenvalue weighted by atomic mass is 16.7. The van der Waals surface area contributed by atoms with Crippen LogP contribution in [0.4, 0.5) is 9.59 Å². The van der Waals surface area contributed by atoms with Gasteiger partial charge in [-0.3, -0.25) is 0 Å². The molecule has 7 nitrogen and oxygen atoms in total. The van der Waals surface area contributed by atoms with E-state index < -0.39 is 17.7 Å². The summed E-state index contributed by atoms with van der Waals surface area (Å²) >= 11 is 0. The molecule has 0 amide bonds. The van der Waals surface area contributed by atoms with E-state index in [0.717, 1.165) is 51.8 Å². The van der Waals surface area contributed by atoms with Crippen molar-refractivity contribution in [3.8, 4) is 28.7 Å². The third-order valence-electron chi connectivity index (χ3n) is 9.97. The van der Waals surface area contributed by atoms with Gasteiger partial charge in [-0.15, -0.1) is 0 Å². The minimum absolute atomic E-state index is 0.221. The van der Waals surface area contributed by atoms with Crippen molar-refractivity contribution in [1.82, 2.24) is 0 Å². The summed E-state index contributed by atoms with van der Waals surface area (Å²) in [6, 6.07) is 31.3. The molecule has 0 atom stereocenters. The van der Waals surface area contributed by atoms with Crippen LogP contribution in [-0.4, -0.2) is 19.4 Å². The molecule has 0 unspecified atom stereocenters. The lowest BCUT2D eigenvalue weighted by Crippen LogP contribution is -2.21. The van der Waals surface area contributed by atoms with Gasteiger partial charge in [-0.05, 0) is 109 Å². The maximum absolute atomic E-state index is 13.0. The summed E-state index contributed by atoms with van der Waals surface area (Å²) in [6.07, 6.45) is 0.253. The van der Waals surface area contributed by atoms with Crippen molar-refractivity contribution in [1.29, 1.82) is 0 Å². The largest absolute Gasteiger partial charge is 0.519 e. The fourth-order valence-electron chi connectivity index (χ4n) is 6.47. The summed E-state index contributed by atoms with van der Waals surface area (Å²) in [4.78, 5) is 25.7. The Labute approximate surface area is 313 Å². The molecule has 0 heterocycles. The first-order valence-corrected chi connectivity index (χ1v) is 18.0. The van der Waals surface area contributed by atoms with E-state index in [2.05, 4.69) is 71.9 Å². The van der Waals surface area contributed by atoms with E-state index >= 15 is 0 Å². The van der Waals surface area contributed by atoms with Crippen molar-refractivity contribution < 1.29 is 33.3 Å². The number of hydrogen-bond acceptors (Lipinski definition) is 7. The Kier molecular flexibility index (Phi) is 11.7. The van der Waals surface area contributed by atoms with Gasteiger partial charge in [0, 0.05) is 10.8 Å². The molecule has 7 heteroatoms. The summed E-state index contributed by atoms with van der Waals surface area (Å²) in [5, 5.41) is 0. The van der Waals surface area contributed by atoms with Gasteiger partial charge in [-0.1, -0.05) is 113 Å². The smallest absolute Gasteiger partial charge is 0.493 e. The highest BCUT2D eigenvalue weighted by Gasteiger charge is 2.27. The number of carbonyl (C=O) groups is 2. The van der Waals surface area contributed by atoms with Gasteiger partial charge >= 0.3 is 12.3 Å². The highest BCUT2D eigenvalue weighted by Crippen LogP contribution is 2.37. The molecule has 0 spiro atoms. The second-order valence-electron chi connectivity index (χ2n) is 14.7. The molecule has 0 aliphatic heterocycles. The Morgan fingerprint density at radius 2 is 0.925 bits per heavy atom. The molecule has 5 aromatic carbocycles. The van der Waals surface area contributed by atoms with Gasteiger partial charge in [-0.25, -0.2) is 9.59 Å². The molecule has 53 heavy (non-hydrogen) atoms. The monoisotopic (exact) mass is 714 g/mol. The predicted molar refractivity (Wildman–Crippen MR) is 209 cm³/mol. The molecule has 0 bridgehead atoms. The molecular formula is C46H50O7. The van der Waals surface area contributed by atoms with Crippen LogP contribution in [0.1, 0.15) is 91.1 Å². The van der Waals surface area contributed by atoms with E-state index in [4.69, 9.17) is 23.7 Å². The first-order chi connectivity index (χ1) is 25.1. The summed E-state index contributed by atoms with van der Waals surface area (Å²) in [5.41, 5.74) is 8.45. The zero-order valence-electron chi connectivity index (χ0n) is 32.5. The van der Waals surface area contributed by atoms with Crippen molar-refractivity contribution in [3.63, 3.8) is 0 Å². The number of hydrogen-bond donors (Lipinski definition) is 0. The highest BCUT2D eigenvalue weighted by molar-refractivity contribution is 5.70. The molecule has 0 N–H and O–H groups in total. The van der Waals surface area contributed by atoms with Gasteiger partial charge in [0.1, 0.15) is 17.2 Å². The van der Waals surface area contributed by atoms with Crippen LogP contribution < -0.4 is 23.7 Å². The second kappa shape index (κ2) is 16.0. The molecule has 276 valence electrons. The summed E-state index contributed by atoms with van der Waals surface area (Å²) in [5.74, 6) is 2.04. The SMILES string of the molecule is CCCc1ccc(OC(=O)Oc2ccc(C(C)(C)c3ccc(OC(=O)Oc4ccc(C(C)(C)c5cccc(C)c5)cc4C)c(C)c3)cc2C)c(OC)c1. The van der Waals surface area contributed by atoms with Crippen molar-refractivity contribution >= 4 is 12.3 Å². The van der Waals surface area contributed by atoms with E-state index in [1.54, 1.807) is 25.3 Å². The van der Waals surface area contributed by atoms with Crippen molar-refractivity contribution in [2.45, 2.75) is 86.0 Å². The molecule has 0 saturated heterocycles. The predicted octanol–water partition coefficient (Wildman–Crippen LogP) is 11.7. The summed E-state index contributed by atoms with van der Waals surface area (Å²) in [7, 11) is 1.54. The van der Waals surface area contributed by atoms with Gasteiger partial charge in [-0.2, -0.15) is 0 Å². The Morgan fingerprint density at radius 3 is 1.32 bits per heavy atom. The van der Waals surface area contributed by atoms with Crippen LogP contribution in [-0.2, 0) is 17.3 Å². The topological polar surface area (TPSA) is 80.3 Å². The van der Waals surface area contributed by atoms with E-state index in [0.29, 0.717) is 28.7 Å². The van der Waals surface area contributed by atoms with E-state index in [9.17, 15) is 9.59 Å². The Hall–Kier alpha value is -5.56. The number of benzene rings is 5. The first-order valence-electron chi connectivity index (χ1n) is 18.0. The molecule has 0 aromatic heterocycles. The van der Waals surface area contributed by atoms with Gasteiger partial charge in [0.05, 0.1) is 7.11 Å². The third kappa shape index (κ3) is 8.91. The molecule has 0 saturated carbocycles. The first kappa shape index (κ1) is 38.7. The molecule has 0 aliphatic carbocycles. The lowest BCUT2D eigenvalue weighted by atomic mass is 9.77. The van der Waals surface area contributed by atoms with Gasteiger partial charge < -0.3 is 23.7 Å². The van der Waals surface area contributed by atoms with Gasteiger partial charge in [0.15, 0.2) is 11.5 Å². The fraction of sp³-hybridized carbons (Fsp3) is 0.304. The fourth-order valence-corrected chi connectivity index (χ4v) is 6.47. The van der Waals surface area contributed by atoms with Crippen LogP contribution >= 0.6 is 0 Å². The van der Waals surface area contributed by atoms with Crippen LogP contribution in [0, 0.1) is 27.7 Å². The van der Waals surface area contributed by atoms with Crippen LogP contribution in [0.2, 0.25) is 0 Å². The Balaban J connectivity index is 1.23. The van der Waals surface area contributed by atoms with E-state index in [1.807, 2.05) is 69.3 Å². The maximum atomic E-state index is 13.0. The molecule has 0 radical (unpaired) electrons. The number of rotatable bonds is 11. The summed E-state index contributed by atoms with van der Waals surface area (Å²) in [6.45, 7) is 18.5. The zero-order chi connectivity index (χ0) is 38.5. The number of aryl methyl sites for hydroxylation is 5. The molecule has 5 rings (SSSR count). The number of methoxy groups -OCH3 is 1.